The minimum absolute atomic E-state index is 0.0328. The van der Waals surface area contributed by atoms with Crippen molar-refractivity contribution in [3.63, 3.8) is 0 Å². The Balaban J connectivity index is 1.90. The van der Waals surface area contributed by atoms with E-state index in [1.807, 2.05) is 0 Å². The van der Waals surface area contributed by atoms with Crippen LogP contribution in [0.5, 0.6) is 0 Å². The average Bonchev–Trinajstić information content (AvgIpc) is 1.05. The molecule has 3 aromatic carbocycles. The van der Waals surface area contributed by atoms with Gasteiger partial charge in [0.2, 0.25) is 0 Å². The predicted octanol–water partition coefficient (Wildman–Crippen LogP) is 5.42. The Morgan fingerprint density at radius 1 is 0.656 bits per heavy atom. The fourth-order valence-electron chi connectivity index (χ4n) is 9.16. The first-order valence-electron chi connectivity index (χ1n) is 26.5. The largest absolute Gasteiger partial charge is 0.472 e. The molecular formula is C55H58Cl4F6N2O22S. The van der Waals surface area contributed by atoms with Gasteiger partial charge >= 0.3 is 66.0 Å². The summed E-state index contributed by atoms with van der Waals surface area (Å²) >= 11 is 23.2. The fourth-order valence-corrected chi connectivity index (χ4v) is 10.4. The summed E-state index contributed by atoms with van der Waals surface area (Å²) < 4.78 is 157. The zero-order valence-electron chi connectivity index (χ0n) is 47.4. The number of alkyl halides is 10. The predicted molar refractivity (Wildman–Crippen MR) is 299 cm³/mol. The lowest BCUT2D eigenvalue weighted by Gasteiger charge is -2.52. The summed E-state index contributed by atoms with van der Waals surface area (Å²) in [7, 11) is 1.47. The Hall–Kier alpha value is -6.26. The first-order valence-corrected chi connectivity index (χ1v) is 29.6. The molecule has 35 heteroatoms. The smallest absolute Gasteiger partial charge is 0.465 e. The first-order chi connectivity index (χ1) is 42.6. The molecule has 3 aromatic rings. The third-order valence-corrected chi connectivity index (χ3v) is 14.8. The van der Waals surface area contributed by atoms with Gasteiger partial charge in [-0.1, -0.05) is 85.8 Å². The highest BCUT2D eigenvalue weighted by atomic mass is 35.5. The molecule has 2 amide bonds. The van der Waals surface area contributed by atoms with Gasteiger partial charge in [0, 0.05) is 5.75 Å². The normalized spacial score (nSPS) is 23.0. The lowest BCUT2D eigenvalue weighted by molar-refractivity contribution is -0.350. The molecule has 24 nitrogen and oxygen atoms in total. The number of hydrogen-bond acceptors (Lipinski definition) is 23. The van der Waals surface area contributed by atoms with Crippen LogP contribution >= 0.6 is 58.4 Å². The molecule has 2 fully saturated rings. The van der Waals surface area contributed by atoms with Crippen molar-refractivity contribution in [2.75, 3.05) is 56.7 Å². The zero-order valence-corrected chi connectivity index (χ0v) is 51.2. The maximum Gasteiger partial charge on any atom is 0.472 e. The Labute approximate surface area is 532 Å². The van der Waals surface area contributed by atoms with E-state index in [9.17, 15) is 61.4 Å². The molecule has 12 atom stereocenters. The highest BCUT2D eigenvalue weighted by Gasteiger charge is 2.65. The summed E-state index contributed by atoms with van der Waals surface area (Å²) in [5.74, 6) is -27.3. The molecule has 0 aliphatic carbocycles. The van der Waals surface area contributed by atoms with Gasteiger partial charge in [0.25, 0.3) is 11.6 Å². The average molecular weight is 1390 g/mol. The van der Waals surface area contributed by atoms with E-state index < -0.39 is 207 Å². The van der Waals surface area contributed by atoms with Crippen LogP contribution in [0, 0.1) is 0 Å². The molecule has 2 saturated heterocycles. The maximum absolute atomic E-state index is 15.1. The number of nitrogens with zero attached hydrogens (tertiary/aromatic N) is 1. The number of aliphatic hydroxyl groups excluding tert-OH is 1. The van der Waals surface area contributed by atoms with Gasteiger partial charge in [-0.25, -0.2) is 14.4 Å². The number of rotatable bonds is 30. The molecule has 0 saturated carbocycles. The van der Waals surface area contributed by atoms with Crippen LogP contribution in [-0.2, 0) is 108 Å². The zero-order chi connectivity index (χ0) is 66.6. The van der Waals surface area contributed by atoms with Crippen molar-refractivity contribution < 1.29 is 131 Å². The molecule has 2 aliphatic rings. The van der Waals surface area contributed by atoms with E-state index in [2.05, 4.69) is 0 Å². The van der Waals surface area contributed by atoms with Crippen LogP contribution in [0.4, 0.5) is 26.3 Å². The second-order valence-corrected chi connectivity index (χ2v) is 21.4. The minimum atomic E-state index is -5.85. The van der Waals surface area contributed by atoms with Crippen molar-refractivity contribution in [3.8, 4) is 0 Å². The number of esters is 7. The number of aliphatic hydroxyl groups is 1. The van der Waals surface area contributed by atoms with Crippen LogP contribution in [-0.4, -0.2) is 205 Å². The summed E-state index contributed by atoms with van der Waals surface area (Å²) in [6, 6.07) is 17.1. The van der Waals surface area contributed by atoms with E-state index >= 15 is 13.2 Å². The quantitative estimate of drug-likeness (QED) is 0.0277. The van der Waals surface area contributed by atoms with Gasteiger partial charge in [0.1, 0.15) is 72.8 Å². The number of ether oxygens (including phenoxy) is 12. The Morgan fingerprint density at radius 3 is 1.71 bits per heavy atom. The van der Waals surface area contributed by atoms with Gasteiger partial charge in [-0.15, -0.1) is 46.4 Å². The summed E-state index contributed by atoms with van der Waals surface area (Å²) in [4.78, 5) is 123. The number of carbonyl (C=O) groups excluding carboxylic acids is 9. The molecule has 2 N–H and O–H groups in total. The number of nitrogens with one attached hydrogen (secondary N) is 1. The van der Waals surface area contributed by atoms with E-state index in [0.29, 0.717) is 18.2 Å². The van der Waals surface area contributed by atoms with Crippen molar-refractivity contribution in [1.29, 1.82) is 0 Å². The summed E-state index contributed by atoms with van der Waals surface area (Å²) in [6.07, 6.45) is -35.1. The summed E-state index contributed by atoms with van der Waals surface area (Å²) in [5.41, 5.74) is 0.415. The molecular weight excluding hydrogens is 1330 g/mol. The number of benzene rings is 3. The molecule has 0 bridgehead atoms. The van der Waals surface area contributed by atoms with Crippen LogP contribution in [0.1, 0.15) is 41.3 Å². The van der Waals surface area contributed by atoms with Gasteiger partial charge in [0.15, 0.2) is 12.2 Å². The summed E-state index contributed by atoms with van der Waals surface area (Å²) in [5, 5.41) is 14.8. The van der Waals surface area contributed by atoms with Crippen LogP contribution < -0.4 is 5.32 Å². The van der Waals surface area contributed by atoms with E-state index in [1.54, 1.807) is 36.4 Å². The molecule has 496 valence electrons. The highest BCUT2D eigenvalue weighted by Crippen LogP contribution is 2.44. The third kappa shape index (κ3) is 20.1. The number of methoxy groups -OCH3 is 2. The van der Waals surface area contributed by atoms with Crippen molar-refractivity contribution >= 4 is 112 Å². The maximum atomic E-state index is 15.1. The van der Waals surface area contributed by atoms with Crippen molar-refractivity contribution in [2.24, 2.45) is 0 Å². The molecule has 5 rings (SSSR count). The lowest BCUT2D eigenvalue weighted by Crippen LogP contribution is -2.72. The van der Waals surface area contributed by atoms with Gasteiger partial charge < -0.3 is 67.3 Å². The van der Waals surface area contributed by atoms with Gasteiger partial charge in [-0.2, -0.15) is 26.3 Å². The number of amides is 2. The Kier molecular flexibility index (Phi) is 28.5. The van der Waals surface area contributed by atoms with Gasteiger partial charge in [-0.3, -0.25) is 33.1 Å². The van der Waals surface area contributed by atoms with Crippen LogP contribution in [0.3, 0.4) is 0 Å². The third-order valence-electron chi connectivity index (χ3n) is 13.0. The van der Waals surface area contributed by atoms with Gasteiger partial charge in [-0.05, 0) is 35.2 Å². The number of halogens is 10. The fraction of sp³-hybridized carbons (Fsp3) is 0.509. The molecule has 0 radical (unpaired) electrons. The van der Waals surface area contributed by atoms with Crippen LogP contribution in [0.2, 0.25) is 0 Å². The van der Waals surface area contributed by atoms with E-state index in [4.69, 9.17) is 103 Å². The molecule has 0 unspecified atom stereocenters. The number of hydrogen-bond donors (Lipinski definition) is 2. The Morgan fingerprint density at radius 2 is 1.18 bits per heavy atom. The molecule has 90 heavy (non-hydrogen) atoms. The molecule has 0 spiro atoms. The van der Waals surface area contributed by atoms with E-state index in [0.717, 1.165) is 7.11 Å². The van der Waals surface area contributed by atoms with Crippen molar-refractivity contribution in [2.45, 2.75) is 118 Å². The van der Waals surface area contributed by atoms with Crippen LogP contribution in [0.25, 0.3) is 0 Å². The van der Waals surface area contributed by atoms with Gasteiger partial charge in [0.05, 0.1) is 58.5 Å². The standard InChI is InChI=1S/C55H58Cl4F6N2O22S/c1-4-90-67(49(75)55(63,64)65)42-34(85-47(73)32-18-12-7-13-19-32)21-52(50(76)78-2,82-27-31-16-10-6-11-17-31)89-46(42)43(72)35(28-80-26-30-14-8-5-9-15-30)87-53(51(77)79-3)20-33(83-38(69)23-57)41(66-48(74)54(60,61)62)45(88-53)44(86-40(71)25-59)36(84-39(70)24-58)29-81-37(68)22-56/h5-19,33-36,41-46,72H,4,20-29H2,1-3H3,(H,66,74)/t33-,34-,35+,36+,41+,42+,43+,44+,45+,46+,52+,53+/m0/s1. The second-order valence-electron chi connectivity index (χ2n) is 19.1. The second kappa shape index (κ2) is 34.4. The van der Waals surface area contributed by atoms with E-state index in [1.165, 1.54) is 66.8 Å². The Bertz CT molecular complexity index is 2920. The monoisotopic (exact) mass is 1380 g/mol. The SMILES string of the molecule is CCSN(C(=O)C(F)(F)F)[C@H]1[C@H]([C@H](O)[C@@H](COCc2ccccc2)O[C@]2(C(=O)OC)C[C@H](OC(=O)CCl)[C@@H](NC(=O)C(F)(F)F)[C@H]([C@H](OC(=O)CCl)[C@@H](COC(=O)CCl)OC(=O)CCl)O2)O[C@@](OCc2ccccc2)(C(=O)OC)C[C@@H]1OC(=O)c1ccccc1. The molecule has 2 aliphatic heterocycles. The highest BCUT2D eigenvalue weighted by molar-refractivity contribution is 7.97. The minimum Gasteiger partial charge on any atom is -0.465 e. The lowest BCUT2D eigenvalue weighted by atomic mass is 9.86. The van der Waals surface area contributed by atoms with E-state index in [-0.39, 0.29) is 21.8 Å². The molecule has 0 aromatic heterocycles. The topological polar surface area (TPSA) is 300 Å². The van der Waals surface area contributed by atoms with Crippen LogP contribution in [0.15, 0.2) is 91.0 Å². The first kappa shape index (κ1) is 74.5. The van der Waals surface area contributed by atoms with Crippen molar-refractivity contribution in [1.82, 2.24) is 9.62 Å². The van der Waals surface area contributed by atoms with Crippen molar-refractivity contribution in [3.05, 3.63) is 108 Å². The molecule has 2 heterocycles. The summed E-state index contributed by atoms with van der Waals surface area (Å²) in [6.45, 7) is -2.29. The number of carbonyl (C=O) groups is 9.